The molecule has 1 unspecified atom stereocenters. The van der Waals surface area contributed by atoms with Crippen LogP contribution in [0.2, 0.25) is 5.02 Å². The van der Waals surface area contributed by atoms with E-state index in [0.29, 0.717) is 17.4 Å². The monoisotopic (exact) mass is 396 g/mol. The zero-order valence-corrected chi connectivity index (χ0v) is 16.3. The van der Waals surface area contributed by atoms with Crippen LogP contribution in [0.1, 0.15) is 18.4 Å². The first-order chi connectivity index (χ1) is 13.6. The van der Waals surface area contributed by atoms with E-state index in [9.17, 15) is 4.79 Å². The fraction of sp³-hybridized carbons (Fsp3) is 0.300. The molecule has 3 heterocycles. The normalized spacial score (nSPS) is 16.8. The number of carbonyl (C=O) groups is 1. The average molecular weight is 397 g/mol. The van der Waals surface area contributed by atoms with Crippen LogP contribution in [0.3, 0.4) is 0 Å². The molecule has 3 aromatic rings. The molecule has 1 fully saturated rings. The van der Waals surface area contributed by atoms with Crippen molar-refractivity contribution in [2.75, 3.05) is 23.3 Å². The maximum absolute atomic E-state index is 12.8. The van der Waals surface area contributed by atoms with Crippen molar-refractivity contribution >= 4 is 29.0 Å². The lowest BCUT2D eigenvalue weighted by atomic mass is 9.97. The van der Waals surface area contributed by atoms with E-state index in [-0.39, 0.29) is 11.8 Å². The Morgan fingerprint density at radius 3 is 2.75 bits per heavy atom. The third-order valence-electron chi connectivity index (χ3n) is 5.02. The SMILES string of the molecule is Cc1c(Cl)cccc1NC(=O)C1CCCN(c2ccc(-n3cccn3)nn2)C1. The molecule has 2 aromatic heterocycles. The number of amides is 1. The van der Waals surface area contributed by atoms with E-state index in [1.165, 1.54) is 0 Å². The van der Waals surface area contributed by atoms with Gasteiger partial charge in [-0.15, -0.1) is 10.2 Å². The van der Waals surface area contributed by atoms with Crippen molar-refractivity contribution in [3.63, 3.8) is 0 Å². The molecule has 1 atom stereocenters. The molecule has 1 N–H and O–H groups in total. The molecule has 1 saturated heterocycles. The summed E-state index contributed by atoms with van der Waals surface area (Å²) in [4.78, 5) is 14.9. The highest BCUT2D eigenvalue weighted by molar-refractivity contribution is 6.31. The largest absolute Gasteiger partial charge is 0.354 e. The summed E-state index contributed by atoms with van der Waals surface area (Å²) in [5, 5.41) is 16.4. The summed E-state index contributed by atoms with van der Waals surface area (Å²) < 4.78 is 1.66. The quantitative estimate of drug-likeness (QED) is 0.730. The van der Waals surface area contributed by atoms with E-state index < -0.39 is 0 Å². The lowest BCUT2D eigenvalue weighted by molar-refractivity contribution is -0.120. The minimum absolute atomic E-state index is 0.0104. The molecular formula is C20H21ClN6O. The highest BCUT2D eigenvalue weighted by atomic mass is 35.5. The molecule has 144 valence electrons. The Kier molecular flexibility index (Phi) is 5.25. The predicted octanol–water partition coefficient (Wildman–Crippen LogP) is 3.48. The third-order valence-corrected chi connectivity index (χ3v) is 5.43. The Morgan fingerprint density at radius 1 is 1.18 bits per heavy atom. The molecule has 1 aliphatic heterocycles. The second kappa shape index (κ2) is 7.98. The van der Waals surface area contributed by atoms with Crippen molar-refractivity contribution in [1.82, 2.24) is 20.0 Å². The van der Waals surface area contributed by atoms with Crippen LogP contribution in [0, 0.1) is 12.8 Å². The number of nitrogens with one attached hydrogen (secondary N) is 1. The molecule has 8 heteroatoms. The summed E-state index contributed by atoms with van der Waals surface area (Å²) in [6.45, 7) is 3.37. The number of benzene rings is 1. The Bertz CT molecular complexity index is 957. The maximum Gasteiger partial charge on any atom is 0.229 e. The number of piperidine rings is 1. The fourth-order valence-corrected chi connectivity index (χ4v) is 3.56. The van der Waals surface area contributed by atoms with Gasteiger partial charge in [-0.25, -0.2) is 4.68 Å². The number of anilines is 2. The summed E-state index contributed by atoms with van der Waals surface area (Å²) >= 11 is 6.16. The lowest BCUT2D eigenvalue weighted by Crippen LogP contribution is -2.41. The molecule has 1 aromatic carbocycles. The van der Waals surface area contributed by atoms with Crippen molar-refractivity contribution in [1.29, 1.82) is 0 Å². The molecule has 1 amide bonds. The predicted molar refractivity (Wildman–Crippen MR) is 109 cm³/mol. The first kappa shape index (κ1) is 18.4. The zero-order valence-electron chi connectivity index (χ0n) is 15.5. The Labute approximate surface area is 168 Å². The highest BCUT2D eigenvalue weighted by Crippen LogP contribution is 2.26. The number of rotatable bonds is 4. The molecule has 0 spiro atoms. The molecule has 0 bridgehead atoms. The number of hydrogen-bond donors (Lipinski definition) is 1. The minimum Gasteiger partial charge on any atom is -0.354 e. The first-order valence-electron chi connectivity index (χ1n) is 9.26. The summed E-state index contributed by atoms with van der Waals surface area (Å²) in [5.74, 6) is 1.33. The van der Waals surface area contributed by atoms with Crippen molar-refractivity contribution in [2.24, 2.45) is 5.92 Å². The molecule has 7 nitrogen and oxygen atoms in total. The number of hydrogen-bond acceptors (Lipinski definition) is 5. The summed E-state index contributed by atoms with van der Waals surface area (Å²) in [6, 6.07) is 11.2. The molecular weight excluding hydrogens is 376 g/mol. The van der Waals surface area contributed by atoms with Crippen LogP contribution < -0.4 is 10.2 Å². The average Bonchev–Trinajstić information content (AvgIpc) is 3.26. The van der Waals surface area contributed by atoms with Crippen LogP contribution in [-0.2, 0) is 4.79 Å². The van der Waals surface area contributed by atoms with E-state index in [0.717, 1.165) is 36.5 Å². The standard InChI is InChI=1S/C20H21ClN6O/c1-14-16(21)6-2-7-17(14)23-20(28)15-5-3-11-26(13-15)18-8-9-19(25-24-18)27-12-4-10-22-27/h2,4,6-10,12,15H,3,5,11,13H2,1H3,(H,23,28). The van der Waals surface area contributed by atoms with Crippen LogP contribution in [-0.4, -0.2) is 39.0 Å². The zero-order chi connectivity index (χ0) is 19.5. The lowest BCUT2D eigenvalue weighted by Gasteiger charge is -2.32. The third kappa shape index (κ3) is 3.84. The van der Waals surface area contributed by atoms with Gasteiger partial charge < -0.3 is 10.2 Å². The van der Waals surface area contributed by atoms with Crippen molar-refractivity contribution in [2.45, 2.75) is 19.8 Å². The van der Waals surface area contributed by atoms with Gasteiger partial charge in [0.1, 0.15) is 0 Å². The van der Waals surface area contributed by atoms with Crippen LogP contribution in [0.4, 0.5) is 11.5 Å². The number of nitrogens with zero attached hydrogens (tertiary/aromatic N) is 5. The van der Waals surface area contributed by atoms with Gasteiger partial charge in [0.2, 0.25) is 5.91 Å². The van der Waals surface area contributed by atoms with E-state index >= 15 is 0 Å². The van der Waals surface area contributed by atoms with Crippen molar-refractivity contribution < 1.29 is 4.79 Å². The smallest absolute Gasteiger partial charge is 0.229 e. The van der Waals surface area contributed by atoms with Crippen LogP contribution in [0.25, 0.3) is 5.82 Å². The molecule has 28 heavy (non-hydrogen) atoms. The van der Waals surface area contributed by atoms with Gasteiger partial charge in [-0.2, -0.15) is 5.10 Å². The summed E-state index contributed by atoms with van der Waals surface area (Å²) in [5.41, 5.74) is 1.64. The maximum atomic E-state index is 12.8. The van der Waals surface area contributed by atoms with Gasteiger partial charge in [0, 0.05) is 36.2 Å². The second-order valence-corrected chi connectivity index (χ2v) is 7.29. The van der Waals surface area contributed by atoms with E-state index in [1.807, 2.05) is 49.5 Å². The first-order valence-corrected chi connectivity index (χ1v) is 9.64. The molecule has 1 aliphatic rings. The number of aromatic nitrogens is 4. The van der Waals surface area contributed by atoms with Crippen LogP contribution >= 0.6 is 11.6 Å². The Morgan fingerprint density at radius 2 is 2.00 bits per heavy atom. The minimum atomic E-state index is -0.111. The van der Waals surface area contributed by atoms with E-state index in [2.05, 4.69) is 25.5 Å². The van der Waals surface area contributed by atoms with E-state index in [4.69, 9.17) is 11.6 Å². The summed E-state index contributed by atoms with van der Waals surface area (Å²) in [6.07, 6.45) is 5.30. The molecule has 0 aliphatic carbocycles. The van der Waals surface area contributed by atoms with Gasteiger partial charge in [-0.3, -0.25) is 4.79 Å². The number of carbonyl (C=O) groups excluding carboxylic acids is 1. The van der Waals surface area contributed by atoms with Crippen molar-refractivity contribution in [3.8, 4) is 5.82 Å². The van der Waals surface area contributed by atoms with Gasteiger partial charge in [0.15, 0.2) is 11.6 Å². The molecule has 0 saturated carbocycles. The Balaban J connectivity index is 1.44. The van der Waals surface area contributed by atoms with Crippen LogP contribution in [0.15, 0.2) is 48.8 Å². The summed E-state index contributed by atoms with van der Waals surface area (Å²) in [7, 11) is 0. The molecule has 0 radical (unpaired) electrons. The molecule has 4 rings (SSSR count). The second-order valence-electron chi connectivity index (χ2n) is 6.89. The van der Waals surface area contributed by atoms with Crippen molar-refractivity contribution in [3.05, 3.63) is 59.4 Å². The van der Waals surface area contributed by atoms with Crippen LogP contribution in [0.5, 0.6) is 0 Å². The van der Waals surface area contributed by atoms with Gasteiger partial charge in [0.05, 0.1) is 5.92 Å². The van der Waals surface area contributed by atoms with E-state index in [1.54, 1.807) is 10.9 Å². The number of halogens is 1. The highest BCUT2D eigenvalue weighted by Gasteiger charge is 2.27. The topological polar surface area (TPSA) is 75.9 Å². The van der Waals surface area contributed by atoms with Gasteiger partial charge in [0.25, 0.3) is 0 Å². The van der Waals surface area contributed by atoms with Gasteiger partial charge in [-0.1, -0.05) is 17.7 Å². The Hall–Kier alpha value is -2.93. The van der Waals surface area contributed by atoms with Gasteiger partial charge in [-0.05, 0) is 55.7 Å². The fourth-order valence-electron chi connectivity index (χ4n) is 3.39. The van der Waals surface area contributed by atoms with Gasteiger partial charge >= 0.3 is 0 Å².